The Morgan fingerprint density at radius 3 is 1.51 bits per heavy atom. The molecule has 0 heterocycles. The van der Waals surface area contributed by atoms with Crippen LogP contribution in [0.5, 0.6) is 0 Å². The first-order valence-electron chi connectivity index (χ1n) is 26.6. The molecule has 0 rings (SSSR count). The van der Waals surface area contributed by atoms with E-state index in [1.54, 1.807) is 0 Å². The van der Waals surface area contributed by atoms with Gasteiger partial charge in [-0.3, -0.25) is 14.2 Å². The van der Waals surface area contributed by atoms with Gasteiger partial charge in [0.25, 0.3) is 7.82 Å². The molecule has 0 aliphatic rings. The average Bonchev–Trinajstić information content (AvgIpc) is 3.26. The Morgan fingerprint density at radius 1 is 0.554 bits per heavy atom. The second-order valence-corrected chi connectivity index (χ2v) is 20.4. The van der Waals surface area contributed by atoms with Crippen molar-refractivity contribution < 1.29 is 37.3 Å². The summed E-state index contributed by atoms with van der Waals surface area (Å²) in [5.41, 5.74) is 0. The zero-order valence-electron chi connectivity index (χ0n) is 42.9. The molecule has 0 aliphatic carbocycles. The number of rotatable bonds is 47. The van der Waals surface area contributed by atoms with Crippen LogP contribution >= 0.6 is 7.82 Å². The quantitative estimate of drug-likeness (QED) is 0.0212. The maximum absolute atomic E-state index is 13.4. The van der Waals surface area contributed by atoms with Crippen molar-refractivity contribution in [1.82, 2.24) is 5.32 Å². The number of hydrogen-bond donors (Lipinski definition) is 1. The van der Waals surface area contributed by atoms with Gasteiger partial charge < -0.3 is 28.5 Å². The minimum absolute atomic E-state index is 0.0306. The molecular weight excluding hydrogens is 832 g/mol. The highest BCUT2D eigenvalue weighted by molar-refractivity contribution is 7.45. The molecule has 0 aromatic carbocycles. The van der Waals surface area contributed by atoms with Crippen molar-refractivity contribution in [3.8, 4) is 0 Å². The lowest BCUT2D eigenvalue weighted by molar-refractivity contribution is -0.870. The van der Waals surface area contributed by atoms with Gasteiger partial charge >= 0.3 is 5.97 Å². The summed E-state index contributed by atoms with van der Waals surface area (Å²) in [6.07, 6.45) is 54.7. The van der Waals surface area contributed by atoms with Gasteiger partial charge in [-0.15, -0.1) is 0 Å². The number of unbranched alkanes of at least 4 members (excludes halogenated alkanes) is 23. The minimum Gasteiger partial charge on any atom is -0.756 e. The first kappa shape index (κ1) is 62.7. The number of phosphoric ester groups is 1. The normalized spacial score (nSPS) is 14.4. The maximum atomic E-state index is 13.4. The third-order valence-electron chi connectivity index (χ3n) is 11.4. The van der Waals surface area contributed by atoms with E-state index in [0.29, 0.717) is 23.9 Å². The van der Waals surface area contributed by atoms with Crippen LogP contribution in [-0.2, 0) is 27.9 Å². The van der Waals surface area contributed by atoms with E-state index in [1.807, 2.05) is 33.3 Å². The lowest BCUT2D eigenvalue weighted by atomic mass is 10.1. The summed E-state index contributed by atoms with van der Waals surface area (Å²) in [5.74, 6) is -0.589. The van der Waals surface area contributed by atoms with E-state index < -0.39 is 26.6 Å². The molecule has 0 aromatic heterocycles. The van der Waals surface area contributed by atoms with Gasteiger partial charge in [0.05, 0.1) is 33.8 Å². The lowest BCUT2D eigenvalue weighted by Gasteiger charge is -2.30. The Balaban J connectivity index is 5.46. The molecule has 1 amide bonds. The standard InChI is InChI=1S/C55H101N2O7P/c1-7-10-13-16-19-22-25-27-29-32-35-38-41-44-47-54(58)56-52(51-63-65(60,61)62-50-49-57(4,5)6)53(46-43-40-37-34-31-24-21-18-15-12-9-3)64-55(59)48-45-42-39-36-33-30-28-26-23-20-17-14-11-8-2/h10,13,19,22,27,29-30,33,43,46,52-53H,7-9,11-12,14-18,20-21,23-26,28,31-32,34-42,44-45,47-51H2,1-6H3,(H-,56,58,60,61)/b13-10+,22-19+,29-27+,33-30-,46-43+. The van der Waals surface area contributed by atoms with Crippen molar-refractivity contribution >= 4 is 19.7 Å². The molecule has 3 atom stereocenters. The smallest absolute Gasteiger partial charge is 0.306 e. The molecule has 0 aromatic rings. The SMILES string of the molecule is CC/C=C/C/C=C/C/C=C/CCCCCCC(=O)NC(COP(=O)([O-])OCC[N+](C)(C)C)C(/C=C/CCCCCCCCCCC)OC(=O)CCCCC/C=C\CCCCCCCCC. The van der Waals surface area contributed by atoms with Gasteiger partial charge in [0, 0.05) is 12.8 Å². The number of likely N-dealkylation sites (N-methyl/N-ethyl adjacent to an activating group) is 1. The summed E-state index contributed by atoms with van der Waals surface area (Å²) in [7, 11) is 1.16. The molecule has 378 valence electrons. The molecule has 0 aliphatic heterocycles. The number of phosphoric acid groups is 1. The Kier molecular flexibility index (Phi) is 43.9. The first-order valence-corrected chi connectivity index (χ1v) is 28.1. The lowest BCUT2D eigenvalue weighted by Crippen LogP contribution is -2.47. The highest BCUT2D eigenvalue weighted by Crippen LogP contribution is 2.38. The van der Waals surface area contributed by atoms with Crippen LogP contribution in [0.1, 0.15) is 226 Å². The maximum Gasteiger partial charge on any atom is 0.306 e. The van der Waals surface area contributed by atoms with Crippen molar-refractivity contribution in [2.24, 2.45) is 0 Å². The predicted octanol–water partition coefficient (Wildman–Crippen LogP) is 14.9. The summed E-state index contributed by atoms with van der Waals surface area (Å²) in [6.45, 7) is 6.67. The molecule has 1 N–H and O–H groups in total. The summed E-state index contributed by atoms with van der Waals surface area (Å²) in [5, 5.41) is 2.99. The Morgan fingerprint density at radius 2 is 0.985 bits per heavy atom. The number of quaternary nitrogens is 1. The van der Waals surface area contributed by atoms with Gasteiger partial charge in [0.1, 0.15) is 19.3 Å². The number of nitrogens with one attached hydrogen (secondary N) is 1. The molecule has 9 nitrogen and oxygen atoms in total. The van der Waals surface area contributed by atoms with Gasteiger partial charge in [0.15, 0.2) is 0 Å². The van der Waals surface area contributed by atoms with Gasteiger partial charge in [-0.25, -0.2) is 0 Å². The van der Waals surface area contributed by atoms with E-state index >= 15 is 0 Å². The van der Waals surface area contributed by atoms with Crippen molar-refractivity contribution in [1.29, 1.82) is 0 Å². The third kappa shape index (κ3) is 46.6. The van der Waals surface area contributed by atoms with Crippen molar-refractivity contribution in [3.05, 3.63) is 60.8 Å². The van der Waals surface area contributed by atoms with Crippen LogP contribution < -0.4 is 10.2 Å². The predicted molar refractivity (Wildman–Crippen MR) is 275 cm³/mol. The fourth-order valence-electron chi connectivity index (χ4n) is 7.29. The summed E-state index contributed by atoms with van der Waals surface area (Å²) in [6, 6.07) is -0.904. The Labute approximate surface area is 401 Å². The van der Waals surface area contributed by atoms with Gasteiger partial charge in [-0.2, -0.15) is 0 Å². The molecule has 0 saturated heterocycles. The highest BCUT2D eigenvalue weighted by Gasteiger charge is 2.27. The van der Waals surface area contributed by atoms with Crippen LogP contribution in [0.3, 0.4) is 0 Å². The third-order valence-corrected chi connectivity index (χ3v) is 12.4. The van der Waals surface area contributed by atoms with E-state index in [0.717, 1.165) is 89.9 Å². The van der Waals surface area contributed by atoms with Crippen LogP contribution in [0, 0.1) is 0 Å². The van der Waals surface area contributed by atoms with Crippen LogP contribution in [0.4, 0.5) is 0 Å². The van der Waals surface area contributed by atoms with Gasteiger partial charge in [-0.05, 0) is 89.5 Å². The van der Waals surface area contributed by atoms with Crippen LogP contribution in [-0.4, -0.2) is 69.4 Å². The van der Waals surface area contributed by atoms with E-state index in [-0.39, 0.29) is 31.3 Å². The molecule has 0 fully saturated rings. The average molecular weight is 933 g/mol. The van der Waals surface area contributed by atoms with E-state index in [4.69, 9.17) is 13.8 Å². The highest BCUT2D eigenvalue weighted by atomic mass is 31.2. The largest absolute Gasteiger partial charge is 0.756 e. The topological polar surface area (TPSA) is 114 Å². The number of hydrogen-bond acceptors (Lipinski definition) is 7. The number of ether oxygens (including phenoxy) is 1. The fourth-order valence-corrected chi connectivity index (χ4v) is 8.02. The molecule has 10 heteroatoms. The number of carbonyl (C=O) groups excluding carboxylic acids is 2. The summed E-state index contributed by atoms with van der Waals surface area (Å²) >= 11 is 0. The first-order chi connectivity index (χ1) is 31.4. The minimum atomic E-state index is -4.70. The number of carbonyl (C=O) groups is 2. The van der Waals surface area contributed by atoms with Crippen molar-refractivity contribution in [2.75, 3.05) is 40.9 Å². The van der Waals surface area contributed by atoms with E-state index in [2.05, 4.69) is 74.7 Å². The molecule has 0 radical (unpaired) electrons. The molecule has 65 heavy (non-hydrogen) atoms. The van der Waals surface area contributed by atoms with E-state index in [1.165, 1.54) is 89.9 Å². The second kappa shape index (κ2) is 45.5. The molecule has 0 spiro atoms. The molecule has 0 bridgehead atoms. The molecule has 0 saturated carbocycles. The van der Waals surface area contributed by atoms with Crippen molar-refractivity contribution in [3.63, 3.8) is 0 Å². The second-order valence-electron chi connectivity index (χ2n) is 19.0. The van der Waals surface area contributed by atoms with Crippen LogP contribution in [0.25, 0.3) is 0 Å². The molecular formula is C55H101N2O7P. The number of amides is 1. The van der Waals surface area contributed by atoms with Crippen LogP contribution in [0.15, 0.2) is 60.8 Å². The monoisotopic (exact) mass is 933 g/mol. The zero-order valence-corrected chi connectivity index (χ0v) is 43.8. The zero-order chi connectivity index (χ0) is 48.0. The molecule has 3 unspecified atom stereocenters. The Hall–Kier alpha value is -2.29. The van der Waals surface area contributed by atoms with E-state index in [9.17, 15) is 19.0 Å². The summed E-state index contributed by atoms with van der Waals surface area (Å²) < 4.78 is 30.1. The number of esters is 1. The number of nitrogens with zero attached hydrogens (tertiary/aromatic N) is 1. The fraction of sp³-hybridized carbons (Fsp3) is 0.782. The Bertz CT molecular complexity index is 1300. The van der Waals surface area contributed by atoms with Gasteiger partial charge in [-0.1, -0.05) is 185 Å². The van der Waals surface area contributed by atoms with Crippen molar-refractivity contribution in [2.45, 2.75) is 238 Å². The summed E-state index contributed by atoms with van der Waals surface area (Å²) in [4.78, 5) is 39.7. The van der Waals surface area contributed by atoms with Crippen LogP contribution in [0.2, 0.25) is 0 Å². The van der Waals surface area contributed by atoms with Gasteiger partial charge in [0.2, 0.25) is 5.91 Å². The number of allylic oxidation sites excluding steroid dienone is 9.